The molecule has 1 aromatic carbocycles. The average Bonchev–Trinajstić information content (AvgIpc) is 2.36. The SMILES string of the molecule is C/C=C\C=C(/C)OC(=O)c1ccc(OC(C)=O)cc1. The molecule has 0 fully saturated rings. The standard InChI is InChI=1S/C15H16O4/c1-4-5-6-11(2)18-15(17)13-7-9-14(10-8-13)19-12(3)16/h4-10H,1-3H3/b5-4-,11-6+. The molecule has 4 nitrogen and oxygen atoms in total. The van der Waals surface area contributed by atoms with E-state index >= 15 is 0 Å². The lowest BCUT2D eigenvalue weighted by molar-refractivity contribution is -0.131. The van der Waals surface area contributed by atoms with Crippen LogP contribution < -0.4 is 4.74 Å². The quantitative estimate of drug-likeness (QED) is 0.361. The lowest BCUT2D eigenvalue weighted by Gasteiger charge is -2.05. The van der Waals surface area contributed by atoms with E-state index in [4.69, 9.17) is 9.47 Å². The summed E-state index contributed by atoms with van der Waals surface area (Å²) in [5.41, 5.74) is 0.393. The van der Waals surface area contributed by atoms with E-state index in [1.54, 1.807) is 43.3 Å². The summed E-state index contributed by atoms with van der Waals surface area (Å²) in [7, 11) is 0. The summed E-state index contributed by atoms with van der Waals surface area (Å²) in [6, 6.07) is 6.18. The predicted octanol–water partition coefficient (Wildman–Crippen LogP) is 3.25. The zero-order valence-electron chi connectivity index (χ0n) is 11.2. The Kier molecular flexibility index (Phi) is 5.54. The molecular formula is C15H16O4. The summed E-state index contributed by atoms with van der Waals surface area (Å²) in [6.07, 6.45) is 5.32. The number of esters is 2. The number of ether oxygens (including phenoxy) is 2. The van der Waals surface area contributed by atoms with Crippen molar-refractivity contribution in [2.45, 2.75) is 20.8 Å². The van der Waals surface area contributed by atoms with Crippen molar-refractivity contribution in [3.8, 4) is 5.75 Å². The molecule has 0 N–H and O–H groups in total. The molecule has 0 bridgehead atoms. The van der Waals surface area contributed by atoms with Gasteiger partial charge in [0, 0.05) is 6.92 Å². The Labute approximate surface area is 112 Å². The van der Waals surface area contributed by atoms with Gasteiger partial charge in [-0.3, -0.25) is 4.79 Å². The second-order valence-electron chi connectivity index (χ2n) is 3.81. The van der Waals surface area contributed by atoms with Gasteiger partial charge in [-0.1, -0.05) is 12.2 Å². The minimum Gasteiger partial charge on any atom is -0.428 e. The van der Waals surface area contributed by atoms with E-state index in [1.165, 1.54) is 6.92 Å². The first-order valence-electron chi connectivity index (χ1n) is 5.83. The van der Waals surface area contributed by atoms with E-state index in [0.29, 0.717) is 17.1 Å². The summed E-state index contributed by atoms with van der Waals surface area (Å²) in [4.78, 5) is 22.5. The minimum absolute atomic E-state index is 0.393. The van der Waals surface area contributed by atoms with Crippen LogP contribution in [0.4, 0.5) is 0 Å². The van der Waals surface area contributed by atoms with Crippen molar-refractivity contribution in [1.82, 2.24) is 0 Å². The van der Waals surface area contributed by atoms with Crippen molar-refractivity contribution in [3.63, 3.8) is 0 Å². The molecule has 0 radical (unpaired) electrons. The topological polar surface area (TPSA) is 52.6 Å². The van der Waals surface area contributed by atoms with E-state index in [2.05, 4.69) is 0 Å². The maximum Gasteiger partial charge on any atom is 0.343 e. The minimum atomic E-state index is -0.451. The highest BCUT2D eigenvalue weighted by Crippen LogP contribution is 2.14. The van der Waals surface area contributed by atoms with Gasteiger partial charge >= 0.3 is 11.9 Å². The first-order valence-corrected chi connectivity index (χ1v) is 5.83. The molecule has 0 saturated carbocycles. The number of carbonyl (C=O) groups is 2. The molecular weight excluding hydrogens is 244 g/mol. The molecule has 100 valence electrons. The van der Waals surface area contributed by atoms with Gasteiger partial charge in [0.25, 0.3) is 0 Å². The van der Waals surface area contributed by atoms with Crippen LogP contribution in [0.15, 0.2) is 48.3 Å². The van der Waals surface area contributed by atoms with Gasteiger partial charge in [0.2, 0.25) is 0 Å². The maximum absolute atomic E-state index is 11.8. The first kappa shape index (κ1) is 14.7. The fourth-order valence-corrected chi connectivity index (χ4v) is 1.30. The number of hydrogen-bond donors (Lipinski definition) is 0. The van der Waals surface area contributed by atoms with Crippen LogP contribution >= 0.6 is 0 Å². The van der Waals surface area contributed by atoms with E-state index in [9.17, 15) is 9.59 Å². The van der Waals surface area contributed by atoms with Crippen LogP contribution in [-0.4, -0.2) is 11.9 Å². The van der Waals surface area contributed by atoms with Gasteiger partial charge in [-0.25, -0.2) is 4.79 Å². The fraction of sp³-hybridized carbons (Fsp3) is 0.200. The second kappa shape index (κ2) is 7.16. The molecule has 1 rings (SSSR count). The molecule has 0 saturated heterocycles. The zero-order chi connectivity index (χ0) is 14.3. The molecule has 0 heterocycles. The molecule has 0 atom stereocenters. The molecule has 0 unspecified atom stereocenters. The number of carbonyl (C=O) groups excluding carboxylic acids is 2. The fourth-order valence-electron chi connectivity index (χ4n) is 1.30. The summed E-state index contributed by atoms with van der Waals surface area (Å²) in [5, 5.41) is 0. The van der Waals surface area contributed by atoms with E-state index in [1.807, 2.05) is 13.0 Å². The number of rotatable bonds is 4. The molecule has 0 aromatic heterocycles. The summed E-state index contributed by atoms with van der Waals surface area (Å²) in [6.45, 7) is 4.89. The Bertz CT molecular complexity index is 509. The Morgan fingerprint density at radius 2 is 1.74 bits per heavy atom. The maximum atomic E-state index is 11.8. The average molecular weight is 260 g/mol. The first-order chi connectivity index (χ1) is 9.02. The van der Waals surface area contributed by atoms with Gasteiger partial charge < -0.3 is 9.47 Å². The van der Waals surface area contributed by atoms with Crippen LogP contribution in [0.25, 0.3) is 0 Å². The molecule has 0 aliphatic heterocycles. The number of allylic oxidation sites excluding steroid dienone is 4. The van der Waals surface area contributed by atoms with Crippen molar-refractivity contribution in [3.05, 3.63) is 53.8 Å². The second-order valence-corrected chi connectivity index (χ2v) is 3.81. The highest BCUT2D eigenvalue weighted by molar-refractivity contribution is 5.90. The van der Waals surface area contributed by atoms with Crippen molar-refractivity contribution in [2.75, 3.05) is 0 Å². The third kappa shape index (κ3) is 5.21. The van der Waals surface area contributed by atoms with Gasteiger partial charge in [0.1, 0.15) is 11.5 Å². The third-order valence-corrected chi connectivity index (χ3v) is 2.13. The Morgan fingerprint density at radius 3 is 2.26 bits per heavy atom. The van der Waals surface area contributed by atoms with Crippen LogP contribution in [0.1, 0.15) is 31.1 Å². The third-order valence-electron chi connectivity index (χ3n) is 2.13. The van der Waals surface area contributed by atoms with E-state index < -0.39 is 11.9 Å². The molecule has 0 aliphatic carbocycles. The Morgan fingerprint density at radius 1 is 1.11 bits per heavy atom. The molecule has 0 aliphatic rings. The highest BCUT2D eigenvalue weighted by Gasteiger charge is 2.08. The van der Waals surface area contributed by atoms with Gasteiger partial charge in [-0.2, -0.15) is 0 Å². The van der Waals surface area contributed by atoms with E-state index in [0.717, 1.165) is 0 Å². The Hall–Kier alpha value is -2.36. The van der Waals surface area contributed by atoms with Crippen LogP contribution in [-0.2, 0) is 9.53 Å². The number of hydrogen-bond acceptors (Lipinski definition) is 4. The monoisotopic (exact) mass is 260 g/mol. The predicted molar refractivity (Wildman–Crippen MR) is 71.7 cm³/mol. The van der Waals surface area contributed by atoms with Crippen molar-refractivity contribution >= 4 is 11.9 Å². The van der Waals surface area contributed by atoms with Crippen LogP contribution in [0.5, 0.6) is 5.75 Å². The van der Waals surface area contributed by atoms with Crippen molar-refractivity contribution in [1.29, 1.82) is 0 Å². The molecule has 1 aromatic rings. The van der Waals surface area contributed by atoms with Gasteiger partial charge in [-0.15, -0.1) is 0 Å². The Balaban J connectivity index is 2.70. The zero-order valence-corrected chi connectivity index (χ0v) is 11.2. The van der Waals surface area contributed by atoms with Crippen LogP contribution in [0, 0.1) is 0 Å². The summed E-state index contributed by atoms with van der Waals surface area (Å²) < 4.78 is 9.99. The van der Waals surface area contributed by atoms with Gasteiger partial charge in [-0.05, 0) is 44.2 Å². The van der Waals surface area contributed by atoms with Crippen molar-refractivity contribution < 1.29 is 19.1 Å². The van der Waals surface area contributed by atoms with E-state index in [-0.39, 0.29) is 0 Å². The van der Waals surface area contributed by atoms with Gasteiger partial charge in [0.15, 0.2) is 0 Å². The molecule has 0 amide bonds. The highest BCUT2D eigenvalue weighted by atomic mass is 16.5. The van der Waals surface area contributed by atoms with Crippen LogP contribution in [0.3, 0.4) is 0 Å². The smallest absolute Gasteiger partial charge is 0.343 e. The lowest BCUT2D eigenvalue weighted by atomic mass is 10.2. The van der Waals surface area contributed by atoms with Crippen molar-refractivity contribution in [2.24, 2.45) is 0 Å². The van der Waals surface area contributed by atoms with Crippen LogP contribution in [0.2, 0.25) is 0 Å². The summed E-state index contributed by atoms with van der Waals surface area (Å²) in [5.74, 6) is 0.0467. The molecule has 19 heavy (non-hydrogen) atoms. The molecule has 4 heteroatoms. The summed E-state index contributed by atoms with van der Waals surface area (Å²) >= 11 is 0. The molecule has 0 spiro atoms. The number of benzene rings is 1. The largest absolute Gasteiger partial charge is 0.428 e. The lowest BCUT2D eigenvalue weighted by Crippen LogP contribution is -2.05. The van der Waals surface area contributed by atoms with Gasteiger partial charge in [0.05, 0.1) is 5.56 Å². The normalized spacial score (nSPS) is 11.4.